The Labute approximate surface area is 115 Å². The minimum atomic E-state index is -0.365. The molecule has 2 rings (SSSR count). The number of hydrogen-bond donors (Lipinski definition) is 2. The predicted octanol–water partition coefficient (Wildman–Crippen LogP) is 1.36. The second kappa shape index (κ2) is 7.26. The zero-order valence-corrected chi connectivity index (χ0v) is 11.4. The van der Waals surface area contributed by atoms with Crippen molar-refractivity contribution in [2.24, 2.45) is 5.73 Å². The summed E-state index contributed by atoms with van der Waals surface area (Å²) in [4.78, 5) is 13.6. The molecule has 4 heteroatoms. The maximum absolute atomic E-state index is 11.1. The lowest BCUT2D eigenvalue weighted by Crippen LogP contribution is -2.24. The van der Waals surface area contributed by atoms with Gasteiger partial charge in [-0.05, 0) is 63.1 Å². The van der Waals surface area contributed by atoms with E-state index in [1.807, 2.05) is 18.2 Å². The van der Waals surface area contributed by atoms with Crippen molar-refractivity contribution < 1.29 is 4.79 Å². The van der Waals surface area contributed by atoms with Crippen LogP contribution in [0.25, 0.3) is 0 Å². The standard InChI is InChI=1S/C15H23N3O/c16-15(19)14-6-3-5-13(11-14)12-17-7-4-10-18-8-1-2-9-18/h3,5-6,11,17H,1-2,4,7-10,12H2,(H2,16,19). The SMILES string of the molecule is NC(=O)c1cccc(CNCCCN2CCCC2)c1. The average Bonchev–Trinajstić information content (AvgIpc) is 2.92. The van der Waals surface area contributed by atoms with Crippen LogP contribution in [0, 0.1) is 0 Å². The van der Waals surface area contributed by atoms with Crippen molar-refractivity contribution in [3.8, 4) is 0 Å². The first-order chi connectivity index (χ1) is 9.25. The fourth-order valence-electron chi connectivity index (χ4n) is 2.50. The molecule has 1 amide bonds. The summed E-state index contributed by atoms with van der Waals surface area (Å²) >= 11 is 0. The van der Waals surface area contributed by atoms with Crippen LogP contribution in [0.2, 0.25) is 0 Å². The number of benzene rings is 1. The van der Waals surface area contributed by atoms with Gasteiger partial charge in [0.15, 0.2) is 0 Å². The van der Waals surface area contributed by atoms with Crippen LogP contribution in [0.3, 0.4) is 0 Å². The van der Waals surface area contributed by atoms with Crippen LogP contribution in [0.4, 0.5) is 0 Å². The van der Waals surface area contributed by atoms with Crippen molar-refractivity contribution in [1.29, 1.82) is 0 Å². The van der Waals surface area contributed by atoms with Gasteiger partial charge in [0.25, 0.3) is 0 Å². The summed E-state index contributed by atoms with van der Waals surface area (Å²) in [6.45, 7) is 5.52. The maximum Gasteiger partial charge on any atom is 0.248 e. The Bertz CT molecular complexity index is 414. The Morgan fingerprint density at radius 3 is 2.84 bits per heavy atom. The van der Waals surface area contributed by atoms with Crippen LogP contribution in [0.1, 0.15) is 35.2 Å². The van der Waals surface area contributed by atoms with Gasteiger partial charge in [0.2, 0.25) is 5.91 Å². The van der Waals surface area contributed by atoms with Crippen LogP contribution >= 0.6 is 0 Å². The number of nitrogens with one attached hydrogen (secondary N) is 1. The van der Waals surface area contributed by atoms with Crippen molar-refractivity contribution >= 4 is 5.91 Å². The van der Waals surface area contributed by atoms with Gasteiger partial charge in [-0.3, -0.25) is 4.79 Å². The lowest BCUT2D eigenvalue weighted by Gasteiger charge is -2.14. The van der Waals surface area contributed by atoms with Crippen LogP contribution in [0.15, 0.2) is 24.3 Å². The molecule has 1 aromatic carbocycles. The van der Waals surface area contributed by atoms with Crippen molar-refractivity contribution in [3.63, 3.8) is 0 Å². The molecule has 3 N–H and O–H groups in total. The maximum atomic E-state index is 11.1. The van der Waals surface area contributed by atoms with E-state index in [1.54, 1.807) is 6.07 Å². The summed E-state index contributed by atoms with van der Waals surface area (Å²) in [6.07, 6.45) is 3.89. The molecule has 0 aliphatic carbocycles. The van der Waals surface area contributed by atoms with Gasteiger partial charge in [-0.1, -0.05) is 12.1 Å². The van der Waals surface area contributed by atoms with E-state index in [0.29, 0.717) is 5.56 Å². The van der Waals surface area contributed by atoms with Crippen LogP contribution < -0.4 is 11.1 Å². The van der Waals surface area contributed by atoms with Gasteiger partial charge in [0.1, 0.15) is 0 Å². The van der Waals surface area contributed by atoms with Crippen molar-refractivity contribution in [2.45, 2.75) is 25.8 Å². The third-order valence-electron chi connectivity index (χ3n) is 3.57. The van der Waals surface area contributed by atoms with Crippen molar-refractivity contribution in [2.75, 3.05) is 26.2 Å². The molecular formula is C15H23N3O. The molecule has 1 aliphatic heterocycles. The highest BCUT2D eigenvalue weighted by Gasteiger charge is 2.09. The summed E-state index contributed by atoms with van der Waals surface area (Å²) in [5, 5.41) is 3.41. The molecule has 0 unspecified atom stereocenters. The van der Waals surface area contributed by atoms with Gasteiger partial charge >= 0.3 is 0 Å². The van der Waals surface area contributed by atoms with Crippen LogP contribution in [-0.2, 0) is 6.54 Å². The second-order valence-corrected chi connectivity index (χ2v) is 5.14. The molecule has 4 nitrogen and oxygen atoms in total. The second-order valence-electron chi connectivity index (χ2n) is 5.14. The molecule has 0 atom stereocenters. The van der Waals surface area contributed by atoms with Gasteiger partial charge in [0.05, 0.1) is 0 Å². The summed E-state index contributed by atoms with van der Waals surface area (Å²) in [5.41, 5.74) is 6.95. The lowest BCUT2D eigenvalue weighted by atomic mass is 10.1. The lowest BCUT2D eigenvalue weighted by molar-refractivity contribution is 0.1000. The molecule has 104 valence electrons. The average molecular weight is 261 g/mol. The topological polar surface area (TPSA) is 58.4 Å². The summed E-state index contributed by atoms with van der Waals surface area (Å²) < 4.78 is 0. The number of rotatable bonds is 7. The van der Waals surface area contributed by atoms with E-state index in [4.69, 9.17) is 5.73 Å². The number of nitrogens with zero attached hydrogens (tertiary/aromatic N) is 1. The minimum absolute atomic E-state index is 0.365. The number of nitrogens with two attached hydrogens (primary N) is 1. The summed E-state index contributed by atoms with van der Waals surface area (Å²) in [6, 6.07) is 7.50. The normalized spacial score (nSPS) is 15.8. The van der Waals surface area contributed by atoms with Crippen LogP contribution in [0.5, 0.6) is 0 Å². The molecule has 0 bridgehead atoms. The van der Waals surface area contributed by atoms with Gasteiger partial charge in [-0.25, -0.2) is 0 Å². The molecule has 1 fully saturated rings. The number of primary amides is 1. The van der Waals surface area contributed by atoms with E-state index in [1.165, 1.54) is 38.9 Å². The molecule has 19 heavy (non-hydrogen) atoms. The smallest absolute Gasteiger partial charge is 0.248 e. The monoisotopic (exact) mass is 261 g/mol. The highest BCUT2D eigenvalue weighted by molar-refractivity contribution is 5.92. The van der Waals surface area contributed by atoms with Gasteiger partial charge < -0.3 is 16.0 Å². The number of likely N-dealkylation sites (tertiary alicyclic amines) is 1. The van der Waals surface area contributed by atoms with E-state index < -0.39 is 0 Å². The summed E-state index contributed by atoms with van der Waals surface area (Å²) in [5.74, 6) is -0.365. The Morgan fingerprint density at radius 1 is 1.32 bits per heavy atom. The van der Waals surface area contributed by atoms with Gasteiger partial charge in [-0.15, -0.1) is 0 Å². The number of carbonyl (C=O) groups is 1. The van der Waals surface area contributed by atoms with Crippen molar-refractivity contribution in [1.82, 2.24) is 10.2 Å². The van der Waals surface area contributed by atoms with Crippen molar-refractivity contribution in [3.05, 3.63) is 35.4 Å². The molecule has 1 heterocycles. The zero-order chi connectivity index (χ0) is 13.5. The molecule has 0 radical (unpaired) electrons. The number of carbonyl (C=O) groups excluding carboxylic acids is 1. The highest BCUT2D eigenvalue weighted by atomic mass is 16.1. The molecular weight excluding hydrogens is 238 g/mol. The Balaban J connectivity index is 1.64. The van der Waals surface area contributed by atoms with Gasteiger partial charge in [-0.2, -0.15) is 0 Å². The van der Waals surface area contributed by atoms with E-state index in [0.717, 1.165) is 18.7 Å². The van der Waals surface area contributed by atoms with E-state index >= 15 is 0 Å². The Kier molecular flexibility index (Phi) is 5.36. The highest BCUT2D eigenvalue weighted by Crippen LogP contribution is 2.07. The predicted molar refractivity (Wildman–Crippen MR) is 77.0 cm³/mol. The molecule has 1 aliphatic rings. The fourth-order valence-corrected chi connectivity index (χ4v) is 2.50. The largest absolute Gasteiger partial charge is 0.366 e. The molecule has 0 spiro atoms. The van der Waals surface area contributed by atoms with Gasteiger partial charge in [0, 0.05) is 12.1 Å². The Morgan fingerprint density at radius 2 is 2.11 bits per heavy atom. The third-order valence-corrected chi connectivity index (χ3v) is 3.57. The first-order valence-corrected chi connectivity index (χ1v) is 7.07. The minimum Gasteiger partial charge on any atom is -0.366 e. The van der Waals surface area contributed by atoms with E-state index in [2.05, 4.69) is 10.2 Å². The quantitative estimate of drug-likeness (QED) is 0.729. The number of amides is 1. The molecule has 1 saturated heterocycles. The third kappa shape index (κ3) is 4.65. The molecule has 0 aromatic heterocycles. The Hall–Kier alpha value is -1.39. The molecule has 0 saturated carbocycles. The number of hydrogen-bond acceptors (Lipinski definition) is 3. The zero-order valence-electron chi connectivity index (χ0n) is 11.4. The first kappa shape index (κ1) is 14.0. The molecule has 1 aromatic rings. The fraction of sp³-hybridized carbons (Fsp3) is 0.533. The van der Waals surface area contributed by atoms with E-state index in [-0.39, 0.29) is 5.91 Å². The van der Waals surface area contributed by atoms with Crippen LogP contribution in [-0.4, -0.2) is 37.0 Å². The van der Waals surface area contributed by atoms with E-state index in [9.17, 15) is 4.79 Å². The first-order valence-electron chi connectivity index (χ1n) is 7.07. The summed E-state index contributed by atoms with van der Waals surface area (Å²) in [7, 11) is 0.